The third-order valence-corrected chi connectivity index (χ3v) is 5.90. The van der Waals surface area contributed by atoms with Crippen molar-refractivity contribution in [1.82, 2.24) is 0 Å². The van der Waals surface area contributed by atoms with Gasteiger partial charge in [0.2, 0.25) is 15.7 Å². The summed E-state index contributed by atoms with van der Waals surface area (Å²) in [5.74, 6) is -0.923. The molecule has 0 aliphatic rings. The largest absolute Gasteiger partial charge is 0.326 e. The molecule has 0 aromatic heterocycles. The molecule has 3 aromatic carbocycles. The van der Waals surface area contributed by atoms with E-state index in [1.807, 2.05) is 0 Å². The van der Waals surface area contributed by atoms with Crippen molar-refractivity contribution in [2.75, 3.05) is 5.32 Å². The van der Waals surface area contributed by atoms with E-state index in [-0.39, 0.29) is 27.5 Å². The van der Waals surface area contributed by atoms with Crippen LogP contribution in [0.4, 0.5) is 15.8 Å². The van der Waals surface area contributed by atoms with Crippen molar-refractivity contribution < 1.29 is 22.5 Å². The average Bonchev–Trinajstić information content (AvgIpc) is 2.70. The summed E-state index contributed by atoms with van der Waals surface area (Å²) in [5, 5.41) is 13.3. The highest BCUT2D eigenvalue weighted by Gasteiger charge is 2.19. The quantitative estimate of drug-likeness (QED) is 0.488. The molecule has 0 unspecified atom stereocenters. The van der Waals surface area contributed by atoms with Crippen molar-refractivity contribution >= 4 is 27.1 Å². The van der Waals surface area contributed by atoms with Crippen LogP contribution in [-0.2, 0) is 21.1 Å². The number of carbonyl (C=O) groups is 1. The third kappa shape index (κ3) is 4.64. The predicted molar refractivity (Wildman–Crippen MR) is 104 cm³/mol. The Morgan fingerprint density at radius 2 is 1.48 bits per heavy atom. The number of hydrogen-bond acceptors (Lipinski definition) is 5. The molecule has 9 heteroatoms. The van der Waals surface area contributed by atoms with Gasteiger partial charge in [-0.1, -0.05) is 18.2 Å². The number of nitrogens with zero attached hydrogens (tertiary/aromatic N) is 1. The first-order valence-electron chi connectivity index (χ1n) is 8.40. The van der Waals surface area contributed by atoms with Crippen LogP contribution in [0.2, 0.25) is 0 Å². The number of anilines is 1. The van der Waals surface area contributed by atoms with E-state index in [9.17, 15) is 27.7 Å². The molecule has 7 nitrogen and oxygen atoms in total. The summed E-state index contributed by atoms with van der Waals surface area (Å²) in [6.07, 6.45) is -0.157. The number of rotatable bonds is 6. The number of nitro groups is 1. The highest BCUT2D eigenvalue weighted by atomic mass is 32.2. The second kappa shape index (κ2) is 8.19. The third-order valence-electron chi connectivity index (χ3n) is 4.12. The van der Waals surface area contributed by atoms with Crippen LogP contribution >= 0.6 is 0 Å². The van der Waals surface area contributed by atoms with Crippen LogP contribution in [-0.4, -0.2) is 19.2 Å². The van der Waals surface area contributed by atoms with Crippen LogP contribution in [0, 0.1) is 15.9 Å². The summed E-state index contributed by atoms with van der Waals surface area (Å²) in [5.41, 5.74) is 0.397. The summed E-state index contributed by atoms with van der Waals surface area (Å²) in [6.45, 7) is 0. The Bertz CT molecular complexity index is 1160. The van der Waals surface area contributed by atoms with E-state index in [4.69, 9.17) is 0 Å². The van der Waals surface area contributed by atoms with Crippen molar-refractivity contribution in [3.05, 3.63) is 94.3 Å². The smallest absolute Gasteiger partial charge is 0.269 e. The maximum absolute atomic E-state index is 13.6. The zero-order chi connectivity index (χ0) is 21.0. The summed E-state index contributed by atoms with van der Waals surface area (Å²) in [7, 11) is -3.87. The van der Waals surface area contributed by atoms with Crippen molar-refractivity contribution in [2.24, 2.45) is 0 Å². The normalized spacial score (nSPS) is 11.1. The number of nitrogens with one attached hydrogen (secondary N) is 1. The fourth-order valence-electron chi connectivity index (χ4n) is 2.62. The monoisotopic (exact) mass is 414 g/mol. The molecule has 0 bridgehead atoms. The molecule has 0 fully saturated rings. The molecule has 1 N–H and O–H groups in total. The molecule has 0 aliphatic heterocycles. The summed E-state index contributed by atoms with van der Waals surface area (Å²) >= 11 is 0. The van der Waals surface area contributed by atoms with E-state index < -0.39 is 26.5 Å². The Balaban J connectivity index is 1.73. The highest BCUT2D eigenvalue weighted by Crippen LogP contribution is 2.24. The van der Waals surface area contributed by atoms with Crippen LogP contribution in [0.5, 0.6) is 0 Å². The molecule has 0 aliphatic carbocycles. The second-order valence-electron chi connectivity index (χ2n) is 6.10. The lowest BCUT2D eigenvalue weighted by atomic mass is 10.1. The Kier molecular flexibility index (Phi) is 5.69. The van der Waals surface area contributed by atoms with E-state index in [1.54, 1.807) is 6.07 Å². The van der Waals surface area contributed by atoms with Gasteiger partial charge < -0.3 is 5.32 Å². The van der Waals surface area contributed by atoms with E-state index in [1.165, 1.54) is 42.5 Å². The van der Waals surface area contributed by atoms with Gasteiger partial charge in [0.1, 0.15) is 5.82 Å². The Morgan fingerprint density at radius 3 is 2.03 bits per heavy atom. The van der Waals surface area contributed by atoms with Crippen LogP contribution in [0.25, 0.3) is 0 Å². The van der Waals surface area contributed by atoms with Crippen LogP contribution in [0.3, 0.4) is 0 Å². The summed E-state index contributed by atoms with van der Waals surface area (Å²) in [6, 6.07) is 15.9. The molecular formula is C20H15FN2O5S. The molecule has 29 heavy (non-hydrogen) atoms. The molecule has 148 valence electrons. The van der Waals surface area contributed by atoms with Crippen LogP contribution in [0.15, 0.2) is 82.6 Å². The van der Waals surface area contributed by atoms with Gasteiger partial charge >= 0.3 is 0 Å². The van der Waals surface area contributed by atoms with Gasteiger partial charge in [-0.25, -0.2) is 12.8 Å². The number of sulfone groups is 1. The summed E-state index contributed by atoms with van der Waals surface area (Å²) in [4.78, 5) is 22.0. The number of benzene rings is 3. The van der Waals surface area contributed by atoms with Crippen molar-refractivity contribution in [3.63, 3.8) is 0 Å². The molecule has 1 amide bonds. The molecule has 3 rings (SSSR count). The molecule has 0 saturated heterocycles. The zero-order valence-electron chi connectivity index (χ0n) is 14.9. The minimum absolute atomic E-state index is 0.0292. The standard InChI is InChI=1S/C20H15FN2O5S/c21-19-4-2-1-3-14(19)13-20(24)22-15-5-9-17(10-6-15)29(27,28)18-11-7-16(8-12-18)23(25)26/h1-12H,13H2,(H,22,24). The maximum atomic E-state index is 13.6. The SMILES string of the molecule is O=C(Cc1ccccc1F)Nc1ccc(S(=O)(=O)c2ccc([N+](=O)[O-])cc2)cc1. The Morgan fingerprint density at radius 1 is 0.931 bits per heavy atom. The first kappa shape index (κ1) is 20.2. The summed E-state index contributed by atoms with van der Waals surface area (Å²) < 4.78 is 38.9. The first-order chi connectivity index (χ1) is 13.8. The molecule has 0 spiro atoms. The first-order valence-corrected chi connectivity index (χ1v) is 9.88. The highest BCUT2D eigenvalue weighted by molar-refractivity contribution is 7.91. The minimum Gasteiger partial charge on any atom is -0.326 e. The molecule has 3 aromatic rings. The number of amides is 1. The Hall–Kier alpha value is -3.59. The minimum atomic E-state index is -3.87. The van der Waals surface area contributed by atoms with E-state index in [0.29, 0.717) is 5.69 Å². The number of halogens is 1. The van der Waals surface area contributed by atoms with E-state index >= 15 is 0 Å². The molecule has 0 heterocycles. The van der Waals surface area contributed by atoms with E-state index in [0.717, 1.165) is 24.3 Å². The van der Waals surface area contributed by atoms with Crippen LogP contribution in [0.1, 0.15) is 5.56 Å². The fraction of sp³-hybridized carbons (Fsp3) is 0.0500. The van der Waals surface area contributed by atoms with Gasteiger partial charge in [0.25, 0.3) is 5.69 Å². The maximum Gasteiger partial charge on any atom is 0.269 e. The van der Waals surface area contributed by atoms with Gasteiger partial charge in [-0.15, -0.1) is 0 Å². The number of carbonyl (C=O) groups excluding carboxylic acids is 1. The van der Waals surface area contributed by atoms with Gasteiger partial charge in [0, 0.05) is 17.8 Å². The van der Waals surface area contributed by atoms with E-state index in [2.05, 4.69) is 5.32 Å². The molecular weight excluding hydrogens is 399 g/mol. The van der Waals surface area contributed by atoms with Gasteiger partial charge in [-0.2, -0.15) is 0 Å². The van der Waals surface area contributed by atoms with Crippen LogP contribution < -0.4 is 5.32 Å². The number of hydrogen-bond donors (Lipinski definition) is 1. The predicted octanol–water partition coefficient (Wildman–Crippen LogP) is 3.75. The molecule has 0 atom stereocenters. The second-order valence-corrected chi connectivity index (χ2v) is 8.04. The van der Waals surface area contributed by atoms with Crippen molar-refractivity contribution in [3.8, 4) is 0 Å². The van der Waals surface area contributed by atoms with Gasteiger partial charge in [-0.05, 0) is 48.0 Å². The fourth-order valence-corrected chi connectivity index (χ4v) is 3.88. The molecule has 0 radical (unpaired) electrons. The zero-order valence-corrected chi connectivity index (χ0v) is 15.7. The average molecular weight is 414 g/mol. The van der Waals surface area contributed by atoms with Crippen molar-refractivity contribution in [1.29, 1.82) is 0 Å². The number of non-ortho nitro benzene ring substituents is 1. The lowest BCUT2D eigenvalue weighted by Gasteiger charge is -2.08. The molecule has 0 saturated carbocycles. The lowest BCUT2D eigenvalue weighted by Crippen LogP contribution is -2.15. The van der Waals surface area contributed by atoms with Gasteiger partial charge in [0.15, 0.2) is 0 Å². The van der Waals surface area contributed by atoms with Gasteiger partial charge in [-0.3, -0.25) is 14.9 Å². The topological polar surface area (TPSA) is 106 Å². The van der Waals surface area contributed by atoms with Crippen molar-refractivity contribution in [2.45, 2.75) is 16.2 Å². The van der Waals surface area contributed by atoms with Gasteiger partial charge in [0.05, 0.1) is 21.1 Å². The lowest BCUT2D eigenvalue weighted by molar-refractivity contribution is -0.384. The Labute approximate surface area is 165 Å². The number of nitro benzene ring substituents is 1.